The van der Waals surface area contributed by atoms with Crippen molar-refractivity contribution in [3.05, 3.63) is 118 Å². The monoisotopic (exact) mass is 676 g/mol. The fraction of sp³-hybridized carbons (Fsp3) is 0.389. The molecule has 5 N–H and O–H groups in total. The maximum Gasteiger partial charge on any atom is 0.351 e. The molecule has 3 aromatic carbocycles. The molecule has 13 nitrogen and oxygen atoms in total. The molecule has 0 amide bonds. The zero-order chi connectivity index (χ0) is 34.6. The van der Waals surface area contributed by atoms with Gasteiger partial charge < -0.3 is 49.7 Å². The van der Waals surface area contributed by atoms with Crippen molar-refractivity contribution in [3.8, 4) is 11.5 Å². The minimum absolute atomic E-state index is 0.138. The van der Waals surface area contributed by atoms with Crippen LogP contribution in [0.2, 0.25) is 0 Å². The molecule has 1 aliphatic rings. The summed E-state index contributed by atoms with van der Waals surface area (Å²) in [6, 6.07) is 26.4. The number of aliphatic hydroxyl groups excluding tert-OH is 2. The van der Waals surface area contributed by atoms with E-state index >= 15 is 0 Å². The average Bonchev–Trinajstić information content (AvgIpc) is 3.42. The van der Waals surface area contributed by atoms with E-state index in [9.17, 15) is 15.0 Å². The van der Waals surface area contributed by atoms with Crippen molar-refractivity contribution in [1.82, 2.24) is 9.55 Å². The van der Waals surface area contributed by atoms with Gasteiger partial charge in [-0.15, -0.1) is 0 Å². The maximum absolute atomic E-state index is 13.0. The number of aliphatic hydroxyl groups is 2. The molecule has 0 spiro atoms. The first-order valence-electron chi connectivity index (χ1n) is 16.1. The first-order chi connectivity index (χ1) is 23.9. The molecule has 262 valence electrons. The molecular weight excluding hydrogens is 632 g/mol. The molecule has 4 atom stereocenters. The second-order valence-electron chi connectivity index (χ2n) is 11.3. The van der Waals surface area contributed by atoms with E-state index in [1.807, 2.05) is 78.9 Å². The number of ether oxygens (including phenoxy) is 6. The van der Waals surface area contributed by atoms with Crippen LogP contribution >= 0.6 is 0 Å². The van der Waals surface area contributed by atoms with Crippen LogP contribution in [0.1, 0.15) is 22.9 Å². The summed E-state index contributed by atoms with van der Waals surface area (Å²) in [5, 5.41) is 25.2. The van der Waals surface area contributed by atoms with E-state index in [-0.39, 0.29) is 6.61 Å². The van der Waals surface area contributed by atoms with E-state index in [1.54, 1.807) is 20.3 Å². The predicted octanol–water partition coefficient (Wildman–Crippen LogP) is 2.29. The quantitative estimate of drug-likeness (QED) is 0.0898. The molecule has 1 saturated heterocycles. The first kappa shape index (κ1) is 36.0. The van der Waals surface area contributed by atoms with Crippen LogP contribution in [0.4, 0.5) is 5.82 Å². The molecule has 1 aromatic heterocycles. The molecule has 1 fully saturated rings. The lowest BCUT2D eigenvalue weighted by molar-refractivity contribution is -0.0958. The van der Waals surface area contributed by atoms with Crippen molar-refractivity contribution in [2.45, 2.75) is 30.1 Å². The Morgan fingerprint density at radius 1 is 0.816 bits per heavy atom. The minimum atomic E-state index is -1.42. The maximum atomic E-state index is 13.0. The van der Waals surface area contributed by atoms with Gasteiger partial charge in [0, 0.05) is 19.3 Å². The molecule has 2 heterocycles. The van der Waals surface area contributed by atoms with Gasteiger partial charge in [-0.1, -0.05) is 54.6 Å². The van der Waals surface area contributed by atoms with Crippen molar-refractivity contribution in [3.63, 3.8) is 0 Å². The minimum Gasteiger partial charge on any atom is -0.497 e. The Kier molecular flexibility index (Phi) is 12.7. The van der Waals surface area contributed by atoms with Gasteiger partial charge in [-0.2, -0.15) is 4.98 Å². The normalized spacial score (nSPS) is 19.1. The number of anilines is 1. The van der Waals surface area contributed by atoms with E-state index in [1.165, 1.54) is 6.20 Å². The van der Waals surface area contributed by atoms with E-state index in [0.29, 0.717) is 56.8 Å². The van der Waals surface area contributed by atoms with Gasteiger partial charge in [0.05, 0.1) is 47.3 Å². The number of nitrogens with two attached hydrogens (primary N) is 1. The van der Waals surface area contributed by atoms with Crippen LogP contribution in [0.5, 0.6) is 11.5 Å². The topological polar surface area (TPSA) is 169 Å². The summed E-state index contributed by atoms with van der Waals surface area (Å²) in [5.74, 6) is 1.70. The molecule has 49 heavy (non-hydrogen) atoms. The van der Waals surface area contributed by atoms with E-state index < -0.39 is 35.8 Å². The van der Waals surface area contributed by atoms with Crippen LogP contribution in [0.3, 0.4) is 0 Å². The predicted molar refractivity (Wildman–Crippen MR) is 182 cm³/mol. The lowest BCUT2D eigenvalue weighted by Crippen LogP contribution is -2.39. The third-order valence-corrected chi connectivity index (χ3v) is 8.27. The first-order valence-corrected chi connectivity index (χ1v) is 16.1. The van der Waals surface area contributed by atoms with E-state index in [2.05, 4.69) is 10.3 Å². The van der Waals surface area contributed by atoms with Crippen molar-refractivity contribution >= 4 is 5.82 Å². The number of benzene rings is 3. The number of nitrogens with zero attached hydrogens (tertiary/aromatic N) is 2. The molecule has 0 radical (unpaired) electrons. The Balaban J connectivity index is 1.34. The fourth-order valence-corrected chi connectivity index (χ4v) is 5.74. The second-order valence-corrected chi connectivity index (χ2v) is 11.3. The smallest absolute Gasteiger partial charge is 0.351 e. The molecule has 1 aliphatic heterocycles. The summed E-state index contributed by atoms with van der Waals surface area (Å²) in [5.41, 5.74) is 5.97. The van der Waals surface area contributed by atoms with Crippen LogP contribution < -0.4 is 26.2 Å². The Morgan fingerprint density at radius 3 is 1.98 bits per heavy atom. The highest BCUT2D eigenvalue weighted by molar-refractivity contribution is 5.49. The Hall–Kier alpha value is -4.34. The van der Waals surface area contributed by atoms with Crippen molar-refractivity contribution in [2.24, 2.45) is 5.73 Å². The molecule has 5 rings (SSSR count). The number of rotatable bonds is 18. The zero-order valence-corrected chi connectivity index (χ0v) is 27.6. The van der Waals surface area contributed by atoms with Gasteiger partial charge in [-0.05, 0) is 47.0 Å². The Morgan fingerprint density at radius 2 is 1.41 bits per heavy atom. The zero-order valence-electron chi connectivity index (χ0n) is 27.6. The largest absolute Gasteiger partial charge is 0.497 e. The summed E-state index contributed by atoms with van der Waals surface area (Å²) in [4.78, 5) is 17.1. The van der Waals surface area contributed by atoms with E-state index in [0.717, 1.165) is 21.3 Å². The summed E-state index contributed by atoms with van der Waals surface area (Å²) in [6.07, 6.45) is -3.50. The molecular formula is C36H44N4O9. The van der Waals surface area contributed by atoms with Gasteiger partial charge in [-0.25, -0.2) is 4.79 Å². The summed E-state index contributed by atoms with van der Waals surface area (Å²) in [7, 11) is 3.20. The summed E-state index contributed by atoms with van der Waals surface area (Å²) >= 11 is 0. The molecule has 0 bridgehead atoms. The number of nitrogens with one attached hydrogen (secondary N) is 1. The third-order valence-electron chi connectivity index (χ3n) is 8.27. The van der Waals surface area contributed by atoms with Gasteiger partial charge in [0.15, 0.2) is 6.23 Å². The van der Waals surface area contributed by atoms with Crippen LogP contribution in [0.25, 0.3) is 0 Å². The lowest BCUT2D eigenvalue weighted by atomic mass is 9.80. The second kappa shape index (κ2) is 17.4. The Bertz CT molecular complexity index is 1590. The summed E-state index contributed by atoms with van der Waals surface area (Å²) < 4.78 is 35.7. The SMILES string of the molecule is COc1ccc(C(OC[C@H]2O[C@@H](n3ccc(NCCOCCOCCN)nc3=O)[C@H](O)[C@@H]2O)(c2ccccc2)c2ccc(OC)cc2)cc1. The van der Waals surface area contributed by atoms with Gasteiger partial charge in [0.1, 0.15) is 41.2 Å². The third kappa shape index (κ3) is 8.46. The van der Waals surface area contributed by atoms with Crippen LogP contribution in [0, 0.1) is 0 Å². The highest BCUT2D eigenvalue weighted by Gasteiger charge is 2.46. The fourth-order valence-electron chi connectivity index (χ4n) is 5.74. The molecule has 0 unspecified atom stereocenters. The van der Waals surface area contributed by atoms with Gasteiger partial charge in [0.25, 0.3) is 0 Å². The molecule has 13 heteroatoms. The van der Waals surface area contributed by atoms with E-state index in [4.69, 9.17) is 34.2 Å². The number of hydrogen-bond acceptors (Lipinski definition) is 12. The van der Waals surface area contributed by atoms with Crippen LogP contribution in [-0.4, -0.2) is 98.4 Å². The van der Waals surface area contributed by atoms with Crippen LogP contribution in [0.15, 0.2) is 95.9 Å². The van der Waals surface area contributed by atoms with Crippen LogP contribution in [-0.2, 0) is 24.5 Å². The molecule has 0 aliphatic carbocycles. The van der Waals surface area contributed by atoms with Gasteiger partial charge in [0.2, 0.25) is 0 Å². The van der Waals surface area contributed by atoms with Crippen molar-refractivity contribution in [1.29, 1.82) is 0 Å². The standard InChI is InChI=1S/C36H44N4O9/c1-44-28-12-8-26(9-13-28)36(25-6-4-3-5-7-25,27-10-14-29(45-2)15-11-27)48-24-30-32(41)33(42)34(49-30)40-19-16-31(39-35(40)43)38-18-21-47-23-22-46-20-17-37/h3-16,19,30,32-34,41-42H,17-18,20-24,37H2,1-2H3,(H,38,39,43)/t30-,32-,33-,34-/m1/s1. The number of aromatic nitrogens is 2. The molecule has 4 aromatic rings. The highest BCUT2D eigenvalue weighted by atomic mass is 16.6. The van der Waals surface area contributed by atoms with Gasteiger partial charge >= 0.3 is 5.69 Å². The Labute approximate surface area is 285 Å². The number of methoxy groups -OCH3 is 2. The number of hydrogen-bond donors (Lipinski definition) is 4. The lowest BCUT2D eigenvalue weighted by Gasteiger charge is -2.37. The van der Waals surface area contributed by atoms with Crippen molar-refractivity contribution in [2.75, 3.05) is 65.7 Å². The highest BCUT2D eigenvalue weighted by Crippen LogP contribution is 2.42. The van der Waals surface area contributed by atoms with Gasteiger partial charge in [-0.3, -0.25) is 4.57 Å². The van der Waals surface area contributed by atoms with Crippen molar-refractivity contribution < 1.29 is 38.6 Å². The summed E-state index contributed by atoms with van der Waals surface area (Å²) in [6.45, 7) is 2.47. The molecule has 0 saturated carbocycles. The average molecular weight is 677 g/mol.